The van der Waals surface area contributed by atoms with Gasteiger partial charge in [-0.2, -0.15) is 0 Å². The molecule has 0 aromatic heterocycles. The van der Waals surface area contributed by atoms with Crippen molar-refractivity contribution >= 4 is 43.3 Å². The van der Waals surface area contributed by atoms with Gasteiger partial charge in [0, 0.05) is 0 Å². The molecule has 0 heterocycles. The van der Waals surface area contributed by atoms with Crippen molar-refractivity contribution in [1.29, 1.82) is 0 Å². The van der Waals surface area contributed by atoms with Crippen LogP contribution in [0.15, 0.2) is 126 Å². The Bertz CT molecular complexity index is 974. The van der Waals surface area contributed by atoms with Gasteiger partial charge in [-0.1, -0.05) is 0 Å². The first kappa shape index (κ1) is 18.9. The molecule has 4 rings (SSSR count). The molecule has 0 atom stereocenters. The second-order valence-corrected chi connectivity index (χ2v) is 10.5. The Balaban J connectivity index is 1.84. The summed E-state index contributed by atoms with van der Waals surface area (Å²) in [6, 6.07) is 43.5. The Labute approximate surface area is 174 Å². The van der Waals surface area contributed by atoms with Crippen LogP contribution < -0.4 is 15.1 Å². The van der Waals surface area contributed by atoms with Crippen molar-refractivity contribution in [2.75, 3.05) is 0 Å². The standard InChI is InChI=1S/C26H21PSe/c1-5-13-22(14-6-1)26(21-28-25-19-11-4-12-20-25)27(23-15-7-2-8-16-23)24-17-9-3-10-18-24/h1-21H/b26-21+. The predicted molar refractivity (Wildman–Crippen MR) is 125 cm³/mol. The third kappa shape index (κ3) is 4.69. The van der Waals surface area contributed by atoms with Gasteiger partial charge in [0.25, 0.3) is 0 Å². The van der Waals surface area contributed by atoms with Gasteiger partial charge in [-0.15, -0.1) is 0 Å². The van der Waals surface area contributed by atoms with E-state index in [2.05, 4.69) is 126 Å². The van der Waals surface area contributed by atoms with E-state index in [1.165, 1.54) is 25.9 Å². The fourth-order valence-electron chi connectivity index (χ4n) is 3.06. The molecule has 0 N–H and O–H groups in total. The monoisotopic (exact) mass is 444 g/mol. The molecule has 0 aliphatic heterocycles. The summed E-state index contributed by atoms with van der Waals surface area (Å²) in [6.07, 6.45) is 0. The average molecular weight is 443 g/mol. The van der Waals surface area contributed by atoms with Crippen LogP contribution in [0.5, 0.6) is 0 Å². The minimum absolute atomic E-state index is 0.288. The number of hydrogen-bond acceptors (Lipinski definition) is 0. The van der Waals surface area contributed by atoms with Crippen LogP contribution in [0.3, 0.4) is 0 Å². The summed E-state index contributed by atoms with van der Waals surface area (Å²) in [6.45, 7) is 0. The normalized spacial score (nSPS) is 11.5. The summed E-state index contributed by atoms with van der Waals surface area (Å²) < 4.78 is 1.40. The van der Waals surface area contributed by atoms with Crippen LogP contribution >= 0.6 is 7.92 Å². The second kappa shape index (κ2) is 9.67. The van der Waals surface area contributed by atoms with Gasteiger partial charge >= 0.3 is 175 Å². The van der Waals surface area contributed by atoms with Gasteiger partial charge in [0.2, 0.25) is 0 Å². The summed E-state index contributed by atoms with van der Waals surface area (Å²) in [4.78, 5) is 2.49. The van der Waals surface area contributed by atoms with Crippen molar-refractivity contribution in [3.63, 3.8) is 0 Å². The van der Waals surface area contributed by atoms with Crippen LogP contribution in [0.2, 0.25) is 0 Å². The molecule has 0 spiro atoms. The van der Waals surface area contributed by atoms with Crippen molar-refractivity contribution in [3.8, 4) is 0 Å². The first-order valence-corrected chi connectivity index (χ1v) is 12.5. The zero-order chi connectivity index (χ0) is 19.0. The average Bonchev–Trinajstić information content (AvgIpc) is 2.79. The van der Waals surface area contributed by atoms with Gasteiger partial charge in [-0.05, 0) is 0 Å². The molecule has 4 aromatic carbocycles. The number of rotatable bonds is 6. The van der Waals surface area contributed by atoms with Crippen molar-refractivity contribution in [3.05, 3.63) is 132 Å². The second-order valence-electron chi connectivity index (χ2n) is 6.31. The van der Waals surface area contributed by atoms with E-state index in [9.17, 15) is 0 Å². The summed E-state index contributed by atoms with van der Waals surface area (Å²) >= 11 is 0.288. The van der Waals surface area contributed by atoms with Gasteiger partial charge in [0.1, 0.15) is 0 Å². The van der Waals surface area contributed by atoms with Crippen molar-refractivity contribution in [1.82, 2.24) is 0 Å². The van der Waals surface area contributed by atoms with Crippen LogP contribution in [0, 0.1) is 0 Å². The van der Waals surface area contributed by atoms with E-state index < -0.39 is 7.92 Å². The Morgan fingerprint density at radius 2 is 0.964 bits per heavy atom. The molecule has 0 amide bonds. The quantitative estimate of drug-likeness (QED) is 0.286. The fraction of sp³-hybridized carbons (Fsp3) is 0. The summed E-state index contributed by atoms with van der Waals surface area (Å²) in [5.41, 5.74) is 1.32. The molecule has 4 aromatic rings. The molecule has 0 bridgehead atoms. The third-order valence-corrected chi connectivity index (χ3v) is 9.16. The van der Waals surface area contributed by atoms with Crippen LogP contribution in [0.1, 0.15) is 5.56 Å². The molecule has 0 unspecified atom stereocenters. The topological polar surface area (TPSA) is 0 Å². The van der Waals surface area contributed by atoms with Crippen LogP contribution in [-0.2, 0) is 0 Å². The van der Waals surface area contributed by atoms with E-state index in [-0.39, 0.29) is 15.0 Å². The first-order valence-electron chi connectivity index (χ1n) is 9.29. The van der Waals surface area contributed by atoms with Gasteiger partial charge in [-0.25, -0.2) is 0 Å². The van der Waals surface area contributed by atoms with Gasteiger partial charge in [0.05, 0.1) is 0 Å². The fourth-order valence-corrected chi connectivity index (χ4v) is 7.77. The summed E-state index contributed by atoms with van der Waals surface area (Å²) in [5, 5.41) is 4.22. The third-order valence-electron chi connectivity index (χ3n) is 4.39. The van der Waals surface area contributed by atoms with Crippen molar-refractivity contribution < 1.29 is 0 Å². The van der Waals surface area contributed by atoms with Crippen molar-refractivity contribution in [2.45, 2.75) is 0 Å². The molecule has 0 saturated carbocycles. The van der Waals surface area contributed by atoms with Crippen LogP contribution in [-0.4, -0.2) is 15.0 Å². The molecule has 0 fully saturated rings. The molecule has 0 saturated heterocycles. The number of hydrogen-bond donors (Lipinski definition) is 0. The Morgan fingerprint density at radius 3 is 1.46 bits per heavy atom. The molecule has 0 nitrogen and oxygen atoms in total. The molecular formula is C26H21PSe. The molecule has 0 aliphatic rings. The molecule has 0 aliphatic carbocycles. The Kier molecular flexibility index (Phi) is 6.53. The molecule has 28 heavy (non-hydrogen) atoms. The van der Waals surface area contributed by atoms with E-state index in [1.54, 1.807) is 0 Å². The Hall–Kier alpha value is -2.43. The van der Waals surface area contributed by atoms with E-state index in [0.717, 1.165) is 0 Å². The molecular weight excluding hydrogens is 422 g/mol. The first-order chi connectivity index (χ1) is 13.9. The molecule has 0 radical (unpaired) electrons. The Morgan fingerprint density at radius 1 is 0.536 bits per heavy atom. The van der Waals surface area contributed by atoms with Gasteiger partial charge in [-0.3, -0.25) is 0 Å². The van der Waals surface area contributed by atoms with Gasteiger partial charge < -0.3 is 0 Å². The van der Waals surface area contributed by atoms with Gasteiger partial charge in [0.15, 0.2) is 0 Å². The molecule has 2 heteroatoms. The predicted octanol–water partition coefficient (Wildman–Crippen LogP) is 5.15. The minimum atomic E-state index is -0.610. The maximum absolute atomic E-state index is 2.49. The zero-order valence-electron chi connectivity index (χ0n) is 15.5. The summed E-state index contributed by atoms with van der Waals surface area (Å²) in [5.74, 6) is 0. The number of benzene rings is 4. The SMILES string of the molecule is C(/[Se]c1ccccc1)=C(/c1ccccc1)P(c1ccccc1)c1ccccc1. The van der Waals surface area contributed by atoms with E-state index in [0.29, 0.717) is 0 Å². The zero-order valence-corrected chi connectivity index (χ0v) is 18.1. The molecule has 136 valence electrons. The van der Waals surface area contributed by atoms with E-state index in [1.807, 2.05) is 0 Å². The van der Waals surface area contributed by atoms with Crippen molar-refractivity contribution in [2.24, 2.45) is 0 Å². The van der Waals surface area contributed by atoms with E-state index in [4.69, 9.17) is 0 Å². The van der Waals surface area contributed by atoms with Crippen LogP contribution in [0.4, 0.5) is 0 Å². The van der Waals surface area contributed by atoms with Crippen LogP contribution in [0.25, 0.3) is 5.31 Å². The summed E-state index contributed by atoms with van der Waals surface area (Å²) in [7, 11) is -0.610. The van der Waals surface area contributed by atoms with E-state index >= 15 is 0 Å². The maximum atomic E-state index is 2.49.